The zero-order chi connectivity index (χ0) is 9.40. The molecule has 0 rings (SSSR count). The minimum atomic E-state index is 0. The van der Waals surface area contributed by atoms with Crippen LogP contribution in [0.15, 0.2) is 0 Å². The van der Waals surface area contributed by atoms with Crippen molar-refractivity contribution in [1.29, 1.82) is 0 Å². The van der Waals surface area contributed by atoms with Crippen molar-refractivity contribution in [3.63, 3.8) is 0 Å². The molecule has 0 heterocycles. The highest BCUT2D eigenvalue weighted by atomic mass is 16.5. The van der Waals surface area contributed by atoms with Gasteiger partial charge in [-0.15, -0.1) is 0 Å². The highest BCUT2D eigenvalue weighted by molar-refractivity contribution is 5.75. The van der Waals surface area contributed by atoms with Gasteiger partial charge in [0.05, 0.1) is 6.61 Å². The average Bonchev–Trinajstić information content (AvgIpc) is 1.97. The van der Waals surface area contributed by atoms with Gasteiger partial charge in [-0.2, -0.15) is 0 Å². The van der Waals surface area contributed by atoms with Crippen LogP contribution in [0.25, 0.3) is 0 Å². The normalized spacial score (nSPS) is 10.3. The topological polar surface area (TPSA) is 38.3 Å². The molecule has 0 aliphatic heterocycles. The van der Waals surface area contributed by atoms with Crippen molar-refractivity contribution in [2.75, 3.05) is 19.8 Å². The number of nitrogens with one attached hydrogen (secondary N) is 1. The van der Waals surface area contributed by atoms with Crippen LogP contribution in [0.4, 0.5) is 0 Å². The smallest absolute Gasteiger partial charge is 0.220 e. The molecule has 3 nitrogen and oxygen atoms in total. The van der Waals surface area contributed by atoms with Gasteiger partial charge in [-0.05, 0) is 12.8 Å². The second-order valence-electron chi connectivity index (χ2n) is 3.14. The molecule has 74 valence electrons. The van der Waals surface area contributed by atoms with Crippen molar-refractivity contribution in [3.05, 3.63) is 0 Å². The van der Waals surface area contributed by atoms with E-state index in [1.807, 2.05) is 20.8 Å². The van der Waals surface area contributed by atoms with Crippen LogP contribution < -0.4 is 5.32 Å². The maximum Gasteiger partial charge on any atom is 0.220 e. The summed E-state index contributed by atoms with van der Waals surface area (Å²) in [6, 6.07) is 0. The minimum Gasteiger partial charge on any atom is -0.380 e. The Kier molecular flexibility index (Phi) is 6.76. The lowest BCUT2D eigenvalue weighted by Gasteiger charge is -2.06. The Bertz CT molecular complexity index is 129. The fourth-order valence-corrected chi connectivity index (χ4v) is 0.850. The monoisotopic (exact) mass is 175 g/mol. The van der Waals surface area contributed by atoms with E-state index in [0.29, 0.717) is 32.1 Å². The summed E-state index contributed by atoms with van der Waals surface area (Å²) in [4.78, 5) is 11.0. The summed E-state index contributed by atoms with van der Waals surface area (Å²) >= 11 is 0. The van der Waals surface area contributed by atoms with Crippen LogP contribution in [0.3, 0.4) is 0 Å². The highest BCUT2D eigenvalue weighted by Crippen LogP contribution is 1.97. The number of rotatable bonds is 6. The molecule has 0 unspecified atom stereocenters. The first kappa shape index (κ1) is 11.4. The molecule has 0 saturated heterocycles. The van der Waals surface area contributed by atoms with Gasteiger partial charge < -0.3 is 10.1 Å². The predicted octanol–water partition coefficient (Wildman–Crippen LogP) is 1.43. The van der Waals surface area contributed by atoms with Crippen LogP contribution in [-0.4, -0.2) is 25.7 Å². The molecule has 0 saturated carbocycles. The molecule has 0 aliphatic carbocycles. The van der Waals surface area contributed by atoms with Crippen LogP contribution in [-0.2, 0) is 9.53 Å². The van der Waals surface area contributed by atoms with Gasteiger partial charge in [0, 0.05) is 21.0 Å². The Labute approximate surface area is 76.0 Å². The number of carbonyl (C=O) groups excluding carboxylic acids is 1. The van der Waals surface area contributed by atoms with E-state index >= 15 is 0 Å². The first-order valence-electron chi connectivity index (χ1n) is 4.51. The van der Waals surface area contributed by atoms with Gasteiger partial charge in [0.25, 0.3) is 0 Å². The van der Waals surface area contributed by atoms with Crippen molar-refractivity contribution >= 4 is 5.91 Å². The number of ether oxygens (including phenoxy) is 1. The highest BCUT2D eigenvalue weighted by Gasteiger charge is 2.02. The molecule has 1 N–H and O–H groups in total. The van der Waals surface area contributed by atoms with E-state index in [2.05, 4.69) is 5.32 Å². The molecule has 0 aromatic carbocycles. The summed E-state index contributed by atoms with van der Waals surface area (Å²) in [6.07, 6.45) is 0.603. The van der Waals surface area contributed by atoms with Gasteiger partial charge >= 0.3 is 0 Å². The molecule has 1 amide bonds. The van der Waals surface area contributed by atoms with Gasteiger partial charge in [-0.3, -0.25) is 4.79 Å². The summed E-state index contributed by atoms with van der Waals surface area (Å²) in [5, 5.41) is 2.78. The quantitative estimate of drug-likeness (QED) is 0.620. The van der Waals surface area contributed by atoms with E-state index in [9.17, 15) is 4.79 Å². The summed E-state index contributed by atoms with van der Waals surface area (Å²) in [6.45, 7) is 7.94. The van der Waals surface area contributed by atoms with E-state index in [-0.39, 0.29) is 7.33 Å². The Hall–Kier alpha value is -0.570. The molecular weight excluding hydrogens is 154 g/mol. The minimum absolute atomic E-state index is 0. The third-order valence-electron chi connectivity index (χ3n) is 1.37. The third-order valence-corrected chi connectivity index (χ3v) is 1.37. The van der Waals surface area contributed by atoms with Crippen LogP contribution in [0.1, 0.15) is 28.6 Å². The lowest BCUT2D eigenvalue weighted by Crippen LogP contribution is -2.28. The van der Waals surface area contributed by atoms with Gasteiger partial charge in [0.1, 0.15) is 0 Å². The number of amides is 1. The van der Waals surface area contributed by atoms with Crippen LogP contribution in [0.5, 0.6) is 0 Å². The second-order valence-corrected chi connectivity index (χ2v) is 3.14. The standard InChI is InChI=1S/C9H19NO2.H2/c1-4-12-6-5-10-9(11)7-8(2)3;/h8H,4-7H2,1-3H3,(H,10,11);1H. The summed E-state index contributed by atoms with van der Waals surface area (Å²) in [7, 11) is 0. The van der Waals surface area contributed by atoms with Crippen molar-refractivity contribution in [3.8, 4) is 0 Å². The molecule has 0 aliphatic rings. The molecule has 0 radical (unpaired) electrons. The number of carbonyl (C=O) groups is 1. The van der Waals surface area contributed by atoms with Gasteiger partial charge in [0.15, 0.2) is 0 Å². The largest absolute Gasteiger partial charge is 0.380 e. The summed E-state index contributed by atoms with van der Waals surface area (Å²) < 4.78 is 5.07. The summed E-state index contributed by atoms with van der Waals surface area (Å²) in [5.74, 6) is 0.543. The van der Waals surface area contributed by atoms with Crippen LogP contribution in [0, 0.1) is 5.92 Å². The Morgan fingerprint density at radius 3 is 2.75 bits per heavy atom. The third kappa shape index (κ3) is 7.54. The van der Waals surface area contributed by atoms with E-state index in [4.69, 9.17) is 4.74 Å². The van der Waals surface area contributed by atoms with Gasteiger partial charge in [-0.1, -0.05) is 13.8 Å². The van der Waals surface area contributed by atoms with Crippen molar-refractivity contribution < 1.29 is 11.0 Å². The van der Waals surface area contributed by atoms with E-state index < -0.39 is 0 Å². The fourth-order valence-electron chi connectivity index (χ4n) is 0.850. The van der Waals surface area contributed by atoms with Gasteiger partial charge in [0.2, 0.25) is 5.91 Å². The first-order valence-corrected chi connectivity index (χ1v) is 4.51. The van der Waals surface area contributed by atoms with Crippen molar-refractivity contribution in [2.45, 2.75) is 27.2 Å². The van der Waals surface area contributed by atoms with E-state index in [1.165, 1.54) is 0 Å². The molecule has 0 aromatic heterocycles. The molecule has 0 aromatic rings. The number of hydrogen-bond donors (Lipinski definition) is 1. The molecule has 12 heavy (non-hydrogen) atoms. The van der Waals surface area contributed by atoms with Crippen LogP contribution in [0.2, 0.25) is 0 Å². The average molecular weight is 175 g/mol. The lowest BCUT2D eigenvalue weighted by molar-refractivity contribution is -0.122. The van der Waals surface area contributed by atoms with Crippen molar-refractivity contribution in [1.82, 2.24) is 5.32 Å². The molecule has 0 spiro atoms. The summed E-state index contributed by atoms with van der Waals surface area (Å²) in [5.41, 5.74) is 0. The number of hydrogen-bond acceptors (Lipinski definition) is 2. The lowest BCUT2D eigenvalue weighted by atomic mass is 10.1. The Morgan fingerprint density at radius 2 is 2.25 bits per heavy atom. The molecule has 0 bridgehead atoms. The second kappa shape index (κ2) is 7.10. The predicted molar refractivity (Wildman–Crippen MR) is 51.1 cm³/mol. The maximum absolute atomic E-state index is 11.0. The molecule has 0 atom stereocenters. The Balaban J connectivity index is 0. The van der Waals surface area contributed by atoms with Crippen LogP contribution >= 0.6 is 0 Å². The van der Waals surface area contributed by atoms with E-state index in [0.717, 1.165) is 0 Å². The zero-order valence-electron chi connectivity index (χ0n) is 8.22. The zero-order valence-corrected chi connectivity index (χ0v) is 8.22. The molecule has 3 heteroatoms. The molecule has 0 fully saturated rings. The van der Waals surface area contributed by atoms with Crippen molar-refractivity contribution in [2.24, 2.45) is 5.92 Å². The SMILES string of the molecule is CCOCCNC(=O)CC(C)C.[HH]. The van der Waals surface area contributed by atoms with E-state index in [1.54, 1.807) is 0 Å². The fraction of sp³-hybridized carbons (Fsp3) is 0.889. The Morgan fingerprint density at radius 1 is 1.58 bits per heavy atom. The molecular formula is C9H21NO2. The maximum atomic E-state index is 11.0. The first-order chi connectivity index (χ1) is 5.66. The van der Waals surface area contributed by atoms with Gasteiger partial charge in [-0.25, -0.2) is 0 Å².